The molecule has 34 heavy (non-hydrogen) atoms. The van der Waals surface area contributed by atoms with Crippen LogP contribution >= 0.6 is 11.8 Å². The smallest absolute Gasteiger partial charge is 0.266 e. The van der Waals surface area contributed by atoms with E-state index in [1.165, 1.54) is 13.2 Å². The summed E-state index contributed by atoms with van der Waals surface area (Å²) in [4.78, 5) is 30.8. The normalized spacial score (nSPS) is 11.9. The van der Waals surface area contributed by atoms with E-state index in [1.807, 2.05) is 13.0 Å². The minimum Gasteiger partial charge on any atom is -0.495 e. The van der Waals surface area contributed by atoms with E-state index in [4.69, 9.17) is 4.74 Å². The number of amides is 1. The number of thioether (sulfide) groups is 1. The number of fused-ring (bicyclic) bond motifs is 1. The van der Waals surface area contributed by atoms with Gasteiger partial charge in [-0.25, -0.2) is 13.8 Å². The number of aryl methyl sites for hydroxylation is 1. The number of hydrogen-bond donors (Lipinski definition) is 1. The number of ether oxygens (including phenoxy) is 1. The first-order chi connectivity index (χ1) is 16.3. The monoisotopic (exact) mass is 481 g/mol. The van der Waals surface area contributed by atoms with Crippen molar-refractivity contribution in [1.29, 1.82) is 0 Å². The molecule has 0 saturated heterocycles. The van der Waals surface area contributed by atoms with Gasteiger partial charge in [-0.2, -0.15) is 0 Å². The molecule has 0 bridgehead atoms. The van der Waals surface area contributed by atoms with Crippen LogP contribution in [0.3, 0.4) is 0 Å². The molecule has 4 aromatic rings. The Morgan fingerprint density at radius 2 is 1.88 bits per heavy atom. The third-order valence-corrected chi connectivity index (χ3v) is 6.21. The standard InChI is InChI=1S/C25H21F2N3O3S/c1-14-8-11-22(33-3)20(12-14)28-23(31)15(2)34-25-29-19-7-5-4-6-17(19)24(32)30(25)21-10-9-16(26)13-18(21)27/h4-13,15H,1-3H3,(H,28,31). The first kappa shape index (κ1) is 23.4. The number of carbonyl (C=O) groups is 1. The molecular formula is C25H21F2N3O3S. The Balaban J connectivity index is 1.74. The number of nitrogens with zero attached hydrogens (tertiary/aromatic N) is 2. The van der Waals surface area contributed by atoms with Crippen LogP contribution in [0.25, 0.3) is 16.6 Å². The molecule has 1 N–H and O–H groups in total. The van der Waals surface area contributed by atoms with Crippen LogP contribution in [0.5, 0.6) is 5.75 Å². The number of anilines is 1. The third kappa shape index (κ3) is 4.65. The second-order valence-electron chi connectivity index (χ2n) is 7.60. The molecule has 1 unspecified atom stereocenters. The zero-order valence-electron chi connectivity index (χ0n) is 18.6. The van der Waals surface area contributed by atoms with Crippen LogP contribution < -0.4 is 15.6 Å². The summed E-state index contributed by atoms with van der Waals surface area (Å²) in [5.41, 5.74) is 1.18. The lowest BCUT2D eigenvalue weighted by Crippen LogP contribution is -2.27. The summed E-state index contributed by atoms with van der Waals surface area (Å²) < 4.78 is 34.6. The van der Waals surface area contributed by atoms with Gasteiger partial charge in [-0.15, -0.1) is 0 Å². The van der Waals surface area contributed by atoms with E-state index in [2.05, 4.69) is 10.3 Å². The van der Waals surface area contributed by atoms with Crippen LogP contribution in [0, 0.1) is 18.6 Å². The summed E-state index contributed by atoms with van der Waals surface area (Å²) >= 11 is 0.991. The van der Waals surface area contributed by atoms with Crippen molar-refractivity contribution in [3.8, 4) is 11.4 Å². The lowest BCUT2D eigenvalue weighted by atomic mass is 10.2. The Hall–Kier alpha value is -3.72. The van der Waals surface area contributed by atoms with Crippen LogP contribution in [-0.2, 0) is 4.79 Å². The van der Waals surface area contributed by atoms with Crippen LogP contribution in [-0.4, -0.2) is 27.8 Å². The van der Waals surface area contributed by atoms with E-state index in [0.717, 1.165) is 28.0 Å². The van der Waals surface area contributed by atoms with Gasteiger partial charge < -0.3 is 10.1 Å². The molecule has 3 aromatic carbocycles. The van der Waals surface area contributed by atoms with Crippen LogP contribution in [0.15, 0.2) is 70.6 Å². The third-order valence-electron chi connectivity index (χ3n) is 5.16. The predicted molar refractivity (Wildman–Crippen MR) is 129 cm³/mol. The average molecular weight is 482 g/mol. The number of para-hydroxylation sites is 1. The predicted octanol–water partition coefficient (Wildman–Crippen LogP) is 5.10. The van der Waals surface area contributed by atoms with Gasteiger partial charge >= 0.3 is 0 Å². The van der Waals surface area contributed by atoms with Crippen LogP contribution in [0.1, 0.15) is 12.5 Å². The molecule has 1 heterocycles. The molecule has 0 radical (unpaired) electrons. The van der Waals surface area contributed by atoms with E-state index in [-0.39, 0.29) is 22.1 Å². The van der Waals surface area contributed by atoms with Crippen molar-refractivity contribution in [3.63, 3.8) is 0 Å². The largest absolute Gasteiger partial charge is 0.495 e. The molecule has 1 amide bonds. The minimum absolute atomic E-state index is 0.105. The average Bonchev–Trinajstić information content (AvgIpc) is 2.80. The van der Waals surface area contributed by atoms with Crippen molar-refractivity contribution < 1.29 is 18.3 Å². The van der Waals surface area contributed by atoms with Gasteiger partial charge in [0, 0.05) is 6.07 Å². The first-order valence-corrected chi connectivity index (χ1v) is 11.3. The van der Waals surface area contributed by atoms with Crippen molar-refractivity contribution in [2.24, 2.45) is 0 Å². The zero-order valence-corrected chi connectivity index (χ0v) is 19.5. The van der Waals surface area contributed by atoms with Gasteiger partial charge in [0.2, 0.25) is 5.91 Å². The number of carbonyl (C=O) groups excluding carboxylic acids is 1. The van der Waals surface area contributed by atoms with Gasteiger partial charge in [0.1, 0.15) is 17.4 Å². The number of nitrogens with one attached hydrogen (secondary N) is 1. The van der Waals surface area contributed by atoms with Crippen molar-refractivity contribution in [3.05, 3.63) is 88.2 Å². The molecule has 9 heteroatoms. The lowest BCUT2D eigenvalue weighted by molar-refractivity contribution is -0.115. The van der Waals surface area contributed by atoms with Crippen molar-refractivity contribution >= 4 is 34.3 Å². The molecular weight excluding hydrogens is 460 g/mol. The van der Waals surface area contributed by atoms with Crippen molar-refractivity contribution in [1.82, 2.24) is 9.55 Å². The van der Waals surface area contributed by atoms with E-state index >= 15 is 0 Å². The molecule has 4 rings (SSSR count). The Labute approximate surface area is 198 Å². The highest BCUT2D eigenvalue weighted by atomic mass is 32.2. The van der Waals surface area contributed by atoms with Crippen molar-refractivity contribution in [2.45, 2.75) is 24.3 Å². The second-order valence-corrected chi connectivity index (χ2v) is 8.91. The SMILES string of the molecule is COc1ccc(C)cc1NC(=O)C(C)Sc1nc2ccccc2c(=O)n1-c1ccc(F)cc1F. The van der Waals surface area contributed by atoms with E-state index in [9.17, 15) is 18.4 Å². The Kier molecular flexibility index (Phi) is 6.65. The van der Waals surface area contributed by atoms with E-state index < -0.39 is 22.4 Å². The van der Waals surface area contributed by atoms with Gasteiger partial charge in [-0.3, -0.25) is 14.2 Å². The van der Waals surface area contributed by atoms with Crippen molar-refractivity contribution in [2.75, 3.05) is 12.4 Å². The lowest BCUT2D eigenvalue weighted by Gasteiger charge is -2.17. The number of rotatable bonds is 6. The van der Waals surface area contributed by atoms with Gasteiger partial charge in [0.05, 0.1) is 34.6 Å². The molecule has 1 aromatic heterocycles. The van der Waals surface area contributed by atoms with Gasteiger partial charge in [0.25, 0.3) is 5.56 Å². The zero-order chi connectivity index (χ0) is 24.4. The maximum Gasteiger partial charge on any atom is 0.266 e. The summed E-state index contributed by atoms with van der Waals surface area (Å²) in [6, 6.07) is 15.0. The maximum absolute atomic E-state index is 14.7. The maximum atomic E-state index is 14.7. The quantitative estimate of drug-likeness (QED) is 0.306. The summed E-state index contributed by atoms with van der Waals surface area (Å²) in [7, 11) is 1.51. The molecule has 0 spiro atoms. The number of aromatic nitrogens is 2. The summed E-state index contributed by atoms with van der Waals surface area (Å²) in [5, 5.41) is 2.49. The Morgan fingerprint density at radius 3 is 2.62 bits per heavy atom. The minimum atomic E-state index is -0.914. The summed E-state index contributed by atoms with van der Waals surface area (Å²) in [5.74, 6) is -1.53. The second kappa shape index (κ2) is 9.64. The molecule has 0 aliphatic rings. The fourth-order valence-corrected chi connectivity index (χ4v) is 4.35. The van der Waals surface area contributed by atoms with E-state index in [1.54, 1.807) is 43.3 Å². The van der Waals surface area contributed by atoms with Gasteiger partial charge in [-0.05, 0) is 55.8 Å². The molecule has 0 aliphatic heterocycles. The summed E-state index contributed by atoms with van der Waals surface area (Å²) in [6.07, 6.45) is 0. The van der Waals surface area contributed by atoms with Gasteiger partial charge in [-0.1, -0.05) is 30.0 Å². The molecule has 0 fully saturated rings. The fourth-order valence-electron chi connectivity index (χ4n) is 3.43. The van der Waals surface area contributed by atoms with Gasteiger partial charge in [0.15, 0.2) is 5.16 Å². The molecule has 174 valence electrons. The first-order valence-electron chi connectivity index (χ1n) is 10.4. The number of hydrogen-bond acceptors (Lipinski definition) is 5. The highest BCUT2D eigenvalue weighted by Crippen LogP contribution is 2.29. The van der Waals surface area contributed by atoms with E-state index in [0.29, 0.717) is 23.0 Å². The summed E-state index contributed by atoms with van der Waals surface area (Å²) in [6.45, 7) is 3.54. The van der Waals surface area contributed by atoms with Crippen LogP contribution in [0.2, 0.25) is 0 Å². The number of halogens is 2. The Morgan fingerprint density at radius 1 is 1.12 bits per heavy atom. The highest BCUT2D eigenvalue weighted by Gasteiger charge is 2.22. The Bertz CT molecular complexity index is 1460. The molecule has 1 atom stereocenters. The molecule has 0 saturated carbocycles. The topological polar surface area (TPSA) is 73.2 Å². The van der Waals surface area contributed by atoms with Crippen LogP contribution in [0.4, 0.5) is 14.5 Å². The highest BCUT2D eigenvalue weighted by molar-refractivity contribution is 8.00. The molecule has 0 aliphatic carbocycles. The fraction of sp³-hybridized carbons (Fsp3) is 0.160. The number of benzene rings is 3. The molecule has 6 nitrogen and oxygen atoms in total. The number of methoxy groups -OCH3 is 1.